The first-order valence-electron chi connectivity index (χ1n) is 9.25. The molecule has 3 rings (SSSR count). The zero-order valence-corrected chi connectivity index (χ0v) is 18.8. The average Bonchev–Trinajstić information content (AvgIpc) is 3.16. The predicted octanol–water partition coefficient (Wildman–Crippen LogP) is 3.32. The topological polar surface area (TPSA) is 123 Å². The number of amides is 1. The van der Waals surface area contributed by atoms with Gasteiger partial charge in [-0.3, -0.25) is 14.8 Å². The number of ether oxygens (including phenoxy) is 1. The van der Waals surface area contributed by atoms with Crippen LogP contribution in [0.4, 0.5) is 11.5 Å². The third kappa shape index (κ3) is 6.40. The van der Waals surface area contributed by atoms with Crippen LogP contribution in [0.25, 0.3) is 6.08 Å². The molecule has 9 nitrogen and oxygen atoms in total. The lowest BCUT2D eigenvalue weighted by molar-refractivity contribution is -0.115. The monoisotopic (exact) mass is 472 g/mol. The van der Waals surface area contributed by atoms with E-state index >= 15 is 0 Å². The van der Waals surface area contributed by atoms with Crippen molar-refractivity contribution in [1.29, 1.82) is 0 Å². The summed E-state index contributed by atoms with van der Waals surface area (Å²) in [4.78, 5) is 12.1. The molecule has 0 aliphatic carbocycles. The number of benzene rings is 2. The second kappa shape index (κ2) is 10.1. The van der Waals surface area contributed by atoms with Gasteiger partial charge in [-0.25, -0.2) is 8.42 Å². The Morgan fingerprint density at radius 1 is 1.12 bits per heavy atom. The number of hydrogen-bond acceptors (Lipinski definition) is 7. The number of aromatic nitrogens is 1. The highest BCUT2D eigenvalue weighted by atomic mass is 32.2. The highest BCUT2D eigenvalue weighted by Gasteiger charge is 2.16. The summed E-state index contributed by atoms with van der Waals surface area (Å²) in [6, 6.07) is 14.5. The van der Waals surface area contributed by atoms with Gasteiger partial charge in [0.05, 0.1) is 12.0 Å². The maximum absolute atomic E-state index is 12.4. The number of hydrogen-bond donors (Lipinski definition) is 3. The average molecular weight is 473 g/mol. The Morgan fingerprint density at radius 2 is 1.81 bits per heavy atom. The third-order valence-electron chi connectivity index (χ3n) is 4.07. The van der Waals surface area contributed by atoms with Crippen LogP contribution in [0.2, 0.25) is 0 Å². The largest absolute Gasteiger partial charge is 0.497 e. The standard InChI is InChI=1S/C21H20N4O5S2/c1-14-13-19(24-30-14)25-32(27,28)18-10-6-16(7-11-18)22-21(31)23-20(26)12-5-15-3-8-17(29-2)9-4-15/h3-13H,1-2H3,(H,24,25)(H2,22,23,26,31). The zero-order valence-electron chi connectivity index (χ0n) is 17.2. The number of methoxy groups -OCH3 is 1. The van der Waals surface area contributed by atoms with Crippen LogP contribution in [0.1, 0.15) is 11.3 Å². The SMILES string of the molecule is COc1ccc(C=CC(=O)NC(=S)Nc2ccc(S(=O)(=O)Nc3cc(C)on3)cc2)cc1. The third-order valence-corrected chi connectivity index (χ3v) is 5.64. The summed E-state index contributed by atoms with van der Waals surface area (Å²) in [7, 11) is -2.24. The first-order chi connectivity index (χ1) is 15.2. The fourth-order valence-electron chi connectivity index (χ4n) is 2.53. The fourth-order valence-corrected chi connectivity index (χ4v) is 3.73. The number of thiocarbonyl (C=S) groups is 1. The number of nitrogens with one attached hydrogen (secondary N) is 3. The Labute approximate surface area is 190 Å². The van der Waals surface area contributed by atoms with E-state index in [1.807, 2.05) is 12.1 Å². The van der Waals surface area contributed by atoms with Crippen molar-refractivity contribution in [3.05, 3.63) is 72.0 Å². The number of carbonyl (C=O) groups excluding carboxylic acids is 1. The van der Waals surface area contributed by atoms with Gasteiger partial charge in [-0.05, 0) is 67.2 Å². The van der Waals surface area contributed by atoms with Crippen LogP contribution in [0.15, 0.2) is 70.1 Å². The molecule has 1 heterocycles. The molecule has 0 fully saturated rings. The van der Waals surface area contributed by atoms with Gasteiger partial charge in [-0.2, -0.15) is 0 Å². The molecule has 1 aromatic heterocycles. The van der Waals surface area contributed by atoms with Crippen molar-refractivity contribution in [2.24, 2.45) is 0 Å². The molecule has 0 radical (unpaired) electrons. The van der Waals surface area contributed by atoms with Crippen molar-refractivity contribution in [3.63, 3.8) is 0 Å². The molecular weight excluding hydrogens is 452 g/mol. The molecule has 3 N–H and O–H groups in total. The van der Waals surface area contributed by atoms with E-state index in [0.29, 0.717) is 11.4 Å². The summed E-state index contributed by atoms with van der Waals surface area (Å²) in [5, 5.41) is 9.02. The number of rotatable bonds is 7. The van der Waals surface area contributed by atoms with Crippen molar-refractivity contribution < 1.29 is 22.5 Å². The molecule has 0 saturated carbocycles. The van der Waals surface area contributed by atoms with Crippen LogP contribution >= 0.6 is 12.2 Å². The van der Waals surface area contributed by atoms with E-state index in [1.165, 1.54) is 36.4 Å². The molecule has 0 atom stereocenters. The normalized spacial score (nSPS) is 11.2. The molecule has 1 amide bonds. The van der Waals surface area contributed by atoms with Gasteiger partial charge >= 0.3 is 0 Å². The summed E-state index contributed by atoms with van der Waals surface area (Å²) >= 11 is 5.13. The Balaban J connectivity index is 1.54. The summed E-state index contributed by atoms with van der Waals surface area (Å²) in [5.41, 5.74) is 1.33. The van der Waals surface area contributed by atoms with Crippen LogP contribution in [0, 0.1) is 6.92 Å². The maximum Gasteiger partial charge on any atom is 0.263 e. The van der Waals surface area contributed by atoms with Gasteiger partial charge in [0.15, 0.2) is 10.9 Å². The minimum Gasteiger partial charge on any atom is -0.497 e. The highest BCUT2D eigenvalue weighted by molar-refractivity contribution is 7.92. The van der Waals surface area contributed by atoms with E-state index in [0.717, 1.165) is 11.3 Å². The molecule has 0 unspecified atom stereocenters. The lowest BCUT2D eigenvalue weighted by Gasteiger charge is -2.09. The Kier molecular flexibility index (Phi) is 7.23. The quantitative estimate of drug-likeness (QED) is 0.354. The summed E-state index contributed by atoms with van der Waals surface area (Å²) in [6.07, 6.45) is 2.99. The van der Waals surface area contributed by atoms with Crippen LogP contribution in [-0.2, 0) is 14.8 Å². The van der Waals surface area contributed by atoms with E-state index in [4.69, 9.17) is 21.5 Å². The minimum absolute atomic E-state index is 0.0288. The van der Waals surface area contributed by atoms with Crippen LogP contribution < -0.4 is 20.1 Å². The molecule has 0 spiro atoms. The highest BCUT2D eigenvalue weighted by Crippen LogP contribution is 2.18. The first kappa shape index (κ1) is 23.0. The minimum atomic E-state index is -3.82. The Hall–Kier alpha value is -3.70. The van der Waals surface area contributed by atoms with Crippen molar-refractivity contribution in [3.8, 4) is 5.75 Å². The van der Waals surface area contributed by atoms with E-state index in [2.05, 4.69) is 20.5 Å². The zero-order chi connectivity index (χ0) is 23.1. The van der Waals surface area contributed by atoms with Gasteiger partial charge in [0, 0.05) is 17.8 Å². The molecule has 11 heteroatoms. The second-order valence-electron chi connectivity index (χ2n) is 6.50. The van der Waals surface area contributed by atoms with Crippen molar-refractivity contribution in [2.45, 2.75) is 11.8 Å². The number of aryl methyl sites for hydroxylation is 1. The van der Waals surface area contributed by atoms with Gasteiger partial charge in [-0.15, -0.1) is 0 Å². The van der Waals surface area contributed by atoms with Gasteiger partial charge in [0.25, 0.3) is 10.0 Å². The summed E-state index contributed by atoms with van der Waals surface area (Å²) in [5.74, 6) is 0.886. The number of anilines is 2. The van der Waals surface area contributed by atoms with Gasteiger partial charge < -0.3 is 14.6 Å². The van der Waals surface area contributed by atoms with Crippen LogP contribution in [-0.4, -0.2) is 31.7 Å². The van der Waals surface area contributed by atoms with E-state index in [1.54, 1.807) is 32.2 Å². The first-order valence-corrected chi connectivity index (χ1v) is 11.1. The lowest BCUT2D eigenvalue weighted by Crippen LogP contribution is -2.32. The predicted molar refractivity (Wildman–Crippen MR) is 125 cm³/mol. The van der Waals surface area contributed by atoms with Crippen molar-refractivity contribution in [1.82, 2.24) is 10.5 Å². The molecule has 166 valence electrons. The maximum atomic E-state index is 12.4. The van der Waals surface area contributed by atoms with E-state index in [9.17, 15) is 13.2 Å². The number of carbonyl (C=O) groups is 1. The number of sulfonamides is 1. The molecule has 0 aliphatic rings. The molecule has 3 aromatic rings. The summed E-state index contributed by atoms with van der Waals surface area (Å²) < 4.78 is 37.1. The molecule has 32 heavy (non-hydrogen) atoms. The number of nitrogens with zero attached hydrogens (tertiary/aromatic N) is 1. The molecule has 2 aromatic carbocycles. The van der Waals surface area contributed by atoms with Gasteiger partial charge in [0.1, 0.15) is 11.5 Å². The molecule has 0 bridgehead atoms. The smallest absolute Gasteiger partial charge is 0.263 e. The molecule has 0 aliphatic heterocycles. The van der Waals surface area contributed by atoms with Crippen LogP contribution in [0.3, 0.4) is 0 Å². The lowest BCUT2D eigenvalue weighted by atomic mass is 10.2. The van der Waals surface area contributed by atoms with Crippen molar-refractivity contribution in [2.75, 3.05) is 17.1 Å². The molecular formula is C21H20N4O5S2. The van der Waals surface area contributed by atoms with E-state index < -0.39 is 15.9 Å². The fraction of sp³-hybridized carbons (Fsp3) is 0.0952. The van der Waals surface area contributed by atoms with Crippen molar-refractivity contribution >= 4 is 50.8 Å². The molecule has 0 saturated heterocycles. The summed E-state index contributed by atoms with van der Waals surface area (Å²) in [6.45, 7) is 1.65. The Bertz CT molecular complexity index is 1230. The van der Waals surface area contributed by atoms with Gasteiger partial charge in [0.2, 0.25) is 5.91 Å². The van der Waals surface area contributed by atoms with Gasteiger partial charge in [-0.1, -0.05) is 17.3 Å². The second-order valence-corrected chi connectivity index (χ2v) is 8.59. The van der Waals surface area contributed by atoms with Crippen LogP contribution in [0.5, 0.6) is 5.75 Å². The van der Waals surface area contributed by atoms with E-state index in [-0.39, 0.29) is 15.8 Å². The Morgan fingerprint density at radius 3 is 2.41 bits per heavy atom.